The van der Waals surface area contributed by atoms with Gasteiger partial charge in [-0.1, -0.05) is 0 Å². The molecule has 1 aliphatic carbocycles. The Morgan fingerprint density at radius 3 is 2.79 bits per heavy atom. The van der Waals surface area contributed by atoms with Crippen LogP contribution >= 0.6 is 0 Å². The number of likely N-dealkylation sites (tertiary alicyclic amines) is 1. The molecule has 33 heavy (non-hydrogen) atoms. The van der Waals surface area contributed by atoms with Crippen LogP contribution < -0.4 is 26.5 Å². The van der Waals surface area contributed by atoms with Gasteiger partial charge in [0, 0.05) is 59.0 Å². The summed E-state index contributed by atoms with van der Waals surface area (Å²) >= 11 is 0. The third-order valence-electron chi connectivity index (χ3n) is 8.07. The molecule has 4 rings (SSSR count). The number of hydrogen-bond acceptors (Lipinski definition) is 9. The summed E-state index contributed by atoms with van der Waals surface area (Å²) in [5.41, 5.74) is 9.27. The second-order valence-electron chi connectivity index (χ2n) is 10.1. The van der Waals surface area contributed by atoms with Crippen molar-refractivity contribution >= 4 is 10.0 Å². The smallest absolute Gasteiger partial charge is 0.217 e. The quantitative estimate of drug-likeness (QED) is 0.264. The number of sulfonamides is 1. The first-order valence-electron chi connectivity index (χ1n) is 12.4. The summed E-state index contributed by atoms with van der Waals surface area (Å²) in [6.45, 7) is 3.28. The number of ether oxygens (including phenoxy) is 1. The van der Waals surface area contributed by atoms with Gasteiger partial charge >= 0.3 is 0 Å². The molecule has 3 heterocycles. The molecular weight excluding hydrogens is 449 g/mol. The summed E-state index contributed by atoms with van der Waals surface area (Å²) in [5.74, 6) is 0.390. The van der Waals surface area contributed by atoms with Gasteiger partial charge in [0.2, 0.25) is 10.0 Å². The fourth-order valence-corrected chi connectivity index (χ4v) is 7.57. The van der Waals surface area contributed by atoms with Crippen LogP contribution in [0.2, 0.25) is 0 Å². The lowest BCUT2D eigenvalue weighted by Gasteiger charge is -2.41. The summed E-state index contributed by atoms with van der Waals surface area (Å²) in [5, 5.41) is 8.07. The van der Waals surface area contributed by atoms with Crippen LogP contribution in [-0.4, -0.2) is 114 Å². The van der Waals surface area contributed by atoms with Crippen LogP contribution in [0.5, 0.6) is 0 Å². The first kappa shape index (κ1) is 25.6. The number of nitrogens with two attached hydrogens (primary N) is 1. The van der Waals surface area contributed by atoms with Gasteiger partial charge in [-0.05, 0) is 44.6 Å². The predicted molar refractivity (Wildman–Crippen MR) is 126 cm³/mol. The number of nitrogens with one attached hydrogen (secondary N) is 4. The Morgan fingerprint density at radius 2 is 2.09 bits per heavy atom. The Balaban J connectivity index is 1.35. The van der Waals surface area contributed by atoms with Gasteiger partial charge in [0.15, 0.2) is 0 Å². The van der Waals surface area contributed by atoms with Gasteiger partial charge in [-0.15, -0.1) is 0 Å². The van der Waals surface area contributed by atoms with Gasteiger partial charge in [-0.2, -0.15) is 0 Å². The lowest BCUT2D eigenvalue weighted by molar-refractivity contribution is 0.00328. The van der Waals surface area contributed by atoms with Crippen LogP contribution in [-0.2, 0) is 14.8 Å². The summed E-state index contributed by atoms with van der Waals surface area (Å²) in [4.78, 5) is 2.23. The highest BCUT2D eigenvalue weighted by Crippen LogP contribution is 2.33. The van der Waals surface area contributed by atoms with E-state index in [1.165, 1.54) is 0 Å². The van der Waals surface area contributed by atoms with Crippen LogP contribution in [0.4, 0.5) is 4.39 Å². The molecule has 192 valence electrons. The zero-order valence-electron chi connectivity index (χ0n) is 19.9. The maximum atomic E-state index is 13.6. The molecule has 4 fully saturated rings. The van der Waals surface area contributed by atoms with E-state index in [-0.39, 0.29) is 37.4 Å². The number of rotatable bonds is 9. The molecule has 0 aromatic carbocycles. The predicted octanol–water partition coefficient (Wildman–Crippen LogP) is -1.44. The SMILES string of the molecule is COC1CCC2CNN(C)C2C1NS(=O)(=O)C(CN)CNC1CC(N2CC[C@@H](F)C2)CCN1. The summed E-state index contributed by atoms with van der Waals surface area (Å²) in [7, 11) is -0.0671. The average molecular weight is 492 g/mol. The van der Waals surface area contributed by atoms with E-state index in [0.29, 0.717) is 24.9 Å². The van der Waals surface area contributed by atoms with Crippen LogP contribution in [0, 0.1) is 5.92 Å². The van der Waals surface area contributed by atoms with Crippen LogP contribution in [0.3, 0.4) is 0 Å². The zero-order valence-corrected chi connectivity index (χ0v) is 20.7. The average Bonchev–Trinajstić information content (AvgIpc) is 3.40. The van der Waals surface area contributed by atoms with Crippen molar-refractivity contribution in [1.29, 1.82) is 0 Å². The van der Waals surface area contributed by atoms with Crippen molar-refractivity contribution in [2.75, 3.05) is 53.4 Å². The lowest BCUT2D eigenvalue weighted by atomic mass is 9.80. The van der Waals surface area contributed by atoms with Crippen molar-refractivity contribution in [1.82, 2.24) is 30.7 Å². The molecule has 3 aliphatic heterocycles. The molecule has 0 radical (unpaired) electrons. The number of piperidine rings is 1. The van der Waals surface area contributed by atoms with E-state index in [0.717, 1.165) is 45.3 Å². The van der Waals surface area contributed by atoms with E-state index in [2.05, 4.69) is 25.7 Å². The molecule has 12 heteroatoms. The van der Waals surface area contributed by atoms with Gasteiger partial charge in [0.1, 0.15) is 11.4 Å². The van der Waals surface area contributed by atoms with Crippen molar-refractivity contribution in [3.63, 3.8) is 0 Å². The second-order valence-corrected chi connectivity index (χ2v) is 12.1. The van der Waals surface area contributed by atoms with E-state index < -0.39 is 21.4 Å². The first-order chi connectivity index (χ1) is 15.8. The fraction of sp³-hybridized carbons (Fsp3) is 1.00. The molecule has 7 unspecified atom stereocenters. The Morgan fingerprint density at radius 1 is 1.27 bits per heavy atom. The highest BCUT2D eigenvalue weighted by molar-refractivity contribution is 7.90. The number of nitrogens with zero attached hydrogens (tertiary/aromatic N) is 2. The summed E-state index contributed by atoms with van der Waals surface area (Å²) in [6, 6.07) is 0.0433. The highest BCUT2D eigenvalue weighted by atomic mass is 32.2. The number of halogens is 1. The molecular formula is C21H42FN7O3S. The molecule has 0 aromatic rings. The lowest BCUT2D eigenvalue weighted by Crippen LogP contribution is -2.62. The molecule has 10 nitrogen and oxygen atoms in total. The van der Waals surface area contributed by atoms with E-state index in [1.54, 1.807) is 7.11 Å². The molecule has 0 aromatic heterocycles. The van der Waals surface area contributed by atoms with E-state index in [9.17, 15) is 12.8 Å². The van der Waals surface area contributed by atoms with Crippen LogP contribution in [0.15, 0.2) is 0 Å². The number of hydrogen-bond donors (Lipinski definition) is 5. The summed E-state index contributed by atoms with van der Waals surface area (Å²) in [6.07, 6.45) is 3.34. The van der Waals surface area contributed by atoms with Gasteiger partial charge in [-0.3, -0.25) is 10.3 Å². The number of fused-ring (bicyclic) bond motifs is 1. The largest absolute Gasteiger partial charge is 0.380 e. The van der Waals surface area contributed by atoms with E-state index in [4.69, 9.17) is 10.5 Å². The monoisotopic (exact) mass is 491 g/mol. The van der Waals surface area contributed by atoms with Gasteiger partial charge in [0.25, 0.3) is 0 Å². The van der Waals surface area contributed by atoms with Crippen molar-refractivity contribution in [2.45, 2.75) is 73.9 Å². The van der Waals surface area contributed by atoms with Crippen LogP contribution in [0.25, 0.3) is 0 Å². The third kappa shape index (κ3) is 5.87. The fourth-order valence-electron chi connectivity index (χ4n) is 6.14. The Hall–Kier alpha value is -0.440. The normalized spacial score (nSPS) is 39.6. The molecule has 0 spiro atoms. The van der Waals surface area contributed by atoms with Gasteiger partial charge in [-0.25, -0.2) is 22.5 Å². The van der Waals surface area contributed by atoms with Crippen molar-refractivity contribution in [2.24, 2.45) is 11.7 Å². The first-order valence-corrected chi connectivity index (χ1v) is 13.9. The number of alkyl halides is 1. The number of hydrazine groups is 1. The molecule has 8 atom stereocenters. The van der Waals surface area contributed by atoms with E-state index >= 15 is 0 Å². The van der Waals surface area contributed by atoms with Gasteiger partial charge in [0.05, 0.1) is 18.3 Å². The second kappa shape index (κ2) is 11.1. The molecule has 6 N–H and O–H groups in total. The molecule has 3 saturated heterocycles. The third-order valence-corrected chi connectivity index (χ3v) is 9.91. The maximum absolute atomic E-state index is 13.6. The topological polar surface area (TPSA) is 124 Å². The Kier molecular flexibility index (Phi) is 8.62. The standard InChI is InChI=1S/C21H42FN7O3S/c1-28-21-14(11-26-28)3-4-18(32-2)20(21)27-33(30,31)17(10-23)12-25-19-9-16(5-7-24-19)29-8-6-15(22)13-29/h14-21,24-27H,3-13,23H2,1-2H3/t14?,15-,16?,17?,18?,19?,20?,21?/m1/s1. The Labute approximate surface area is 197 Å². The highest BCUT2D eigenvalue weighted by Gasteiger charge is 2.47. The minimum atomic E-state index is -3.67. The zero-order chi connectivity index (χ0) is 23.6. The number of methoxy groups -OCH3 is 1. The van der Waals surface area contributed by atoms with Gasteiger partial charge < -0.3 is 21.1 Å². The van der Waals surface area contributed by atoms with Crippen LogP contribution in [0.1, 0.15) is 32.1 Å². The maximum Gasteiger partial charge on any atom is 0.217 e. The number of likely N-dealkylation sites (N-methyl/N-ethyl adjacent to an activating group) is 1. The molecule has 0 bridgehead atoms. The van der Waals surface area contributed by atoms with Crippen molar-refractivity contribution in [3.05, 3.63) is 0 Å². The van der Waals surface area contributed by atoms with E-state index in [1.807, 2.05) is 12.1 Å². The summed E-state index contributed by atoms with van der Waals surface area (Å²) < 4.78 is 49.0. The molecule has 0 amide bonds. The minimum Gasteiger partial charge on any atom is -0.380 e. The molecule has 4 aliphatic rings. The Bertz CT molecular complexity index is 747. The molecule has 1 saturated carbocycles. The van der Waals surface area contributed by atoms with Crippen molar-refractivity contribution < 1.29 is 17.5 Å². The van der Waals surface area contributed by atoms with Crippen molar-refractivity contribution in [3.8, 4) is 0 Å². The minimum absolute atomic E-state index is 0.0115.